The number of nitro groups is 1. The van der Waals surface area contributed by atoms with E-state index in [4.69, 9.17) is 21.1 Å². The molecule has 10 heteroatoms. The van der Waals surface area contributed by atoms with Gasteiger partial charge in [0, 0.05) is 6.07 Å². The summed E-state index contributed by atoms with van der Waals surface area (Å²) in [5.74, 6) is -2.24. The number of carbonyl (C=O) groups is 3. The molecule has 9 nitrogen and oxygen atoms in total. The Morgan fingerprint density at radius 1 is 1.11 bits per heavy atom. The fraction of sp³-hybridized carbons (Fsp3) is 0.167. The van der Waals surface area contributed by atoms with Crippen LogP contribution in [0.1, 0.15) is 27.6 Å². The Kier molecular flexibility index (Phi) is 7.05. The van der Waals surface area contributed by atoms with E-state index in [0.29, 0.717) is 0 Å². The third-order valence-electron chi connectivity index (χ3n) is 3.41. The number of amides is 1. The number of hydrogen-bond donors (Lipinski definition) is 1. The lowest BCUT2D eigenvalue weighted by Gasteiger charge is -2.10. The molecule has 0 bridgehead atoms. The highest BCUT2D eigenvalue weighted by Crippen LogP contribution is 2.25. The van der Waals surface area contributed by atoms with E-state index in [1.165, 1.54) is 24.3 Å². The standard InChI is InChI=1S/C18H15ClN2O7/c1-2-27-18(24)12-5-3-4-6-14(12)20-16(22)10-28-17(23)11-7-8-13(19)15(9-11)21(25)26/h3-9H,2,10H2,1H3,(H,20,22). The molecule has 0 radical (unpaired) electrons. The van der Waals surface area contributed by atoms with Crippen LogP contribution >= 0.6 is 11.6 Å². The first-order chi connectivity index (χ1) is 13.3. The maximum absolute atomic E-state index is 12.0. The minimum Gasteiger partial charge on any atom is -0.462 e. The van der Waals surface area contributed by atoms with E-state index >= 15 is 0 Å². The van der Waals surface area contributed by atoms with Crippen LogP contribution in [0.25, 0.3) is 0 Å². The van der Waals surface area contributed by atoms with Gasteiger partial charge in [-0.25, -0.2) is 9.59 Å². The summed E-state index contributed by atoms with van der Waals surface area (Å²) in [6.45, 7) is 1.16. The highest BCUT2D eigenvalue weighted by molar-refractivity contribution is 6.32. The van der Waals surface area contributed by atoms with E-state index < -0.39 is 35.1 Å². The largest absolute Gasteiger partial charge is 0.462 e. The second-order valence-corrected chi connectivity index (χ2v) is 5.72. The number of anilines is 1. The number of nitrogens with zero attached hydrogens (tertiary/aromatic N) is 1. The second kappa shape index (κ2) is 9.47. The van der Waals surface area contributed by atoms with Crippen molar-refractivity contribution < 1.29 is 28.8 Å². The Balaban J connectivity index is 2.02. The summed E-state index contributed by atoms with van der Waals surface area (Å²) in [6, 6.07) is 9.57. The van der Waals surface area contributed by atoms with E-state index in [9.17, 15) is 24.5 Å². The molecule has 1 N–H and O–H groups in total. The van der Waals surface area contributed by atoms with Crippen molar-refractivity contribution in [1.82, 2.24) is 0 Å². The maximum Gasteiger partial charge on any atom is 0.340 e. The highest BCUT2D eigenvalue weighted by atomic mass is 35.5. The molecule has 28 heavy (non-hydrogen) atoms. The van der Waals surface area contributed by atoms with Crippen LogP contribution < -0.4 is 5.32 Å². The normalized spacial score (nSPS) is 10.1. The first-order valence-corrected chi connectivity index (χ1v) is 8.38. The maximum atomic E-state index is 12.0. The molecular weight excluding hydrogens is 392 g/mol. The van der Waals surface area contributed by atoms with Crippen LogP contribution in [-0.2, 0) is 14.3 Å². The molecule has 0 atom stereocenters. The molecule has 1 amide bonds. The van der Waals surface area contributed by atoms with E-state index in [1.54, 1.807) is 19.1 Å². The van der Waals surface area contributed by atoms with Crippen LogP contribution in [0.2, 0.25) is 5.02 Å². The molecule has 0 heterocycles. The van der Waals surface area contributed by atoms with Gasteiger partial charge >= 0.3 is 11.9 Å². The third-order valence-corrected chi connectivity index (χ3v) is 3.73. The molecule has 146 valence electrons. The fourth-order valence-electron chi connectivity index (χ4n) is 2.16. The van der Waals surface area contributed by atoms with Gasteiger partial charge in [-0.2, -0.15) is 0 Å². The number of carbonyl (C=O) groups excluding carboxylic acids is 3. The molecule has 0 saturated heterocycles. The predicted octanol–water partition coefficient (Wildman–Crippen LogP) is 3.22. The molecule has 0 unspecified atom stereocenters. The number of benzene rings is 2. The van der Waals surface area contributed by atoms with E-state index in [1.807, 2.05) is 0 Å². The zero-order valence-corrected chi connectivity index (χ0v) is 15.4. The van der Waals surface area contributed by atoms with Crippen molar-refractivity contribution in [2.75, 3.05) is 18.5 Å². The molecule has 0 aliphatic carbocycles. The molecule has 0 aliphatic rings. The summed E-state index contributed by atoms with van der Waals surface area (Å²) >= 11 is 5.68. The highest BCUT2D eigenvalue weighted by Gasteiger charge is 2.19. The smallest absolute Gasteiger partial charge is 0.340 e. The molecule has 2 rings (SSSR count). The van der Waals surface area contributed by atoms with Crippen molar-refractivity contribution in [3.63, 3.8) is 0 Å². The van der Waals surface area contributed by atoms with Crippen LogP contribution in [-0.4, -0.2) is 36.0 Å². The van der Waals surface area contributed by atoms with Gasteiger partial charge in [-0.3, -0.25) is 14.9 Å². The van der Waals surface area contributed by atoms with Gasteiger partial charge in [0.05, 0.1) is 28.3 Å². The SMILES string of the molecule is CCOC(=O)c1ccccc1NC(=O)COC(=O)c1ccc(Cl)c([N+](=O)[O-])c1. The van der Waals surface area contributed by atoms with Crippen molar-refractivity contribution in [1.29, 1.82) is 0 Å². The van der Waals surface area contributed by atoms with Gasteiger partial charge in [0.15, 0.2) is 6.61 Å². The van der Waals surface area contributed by atoms with E-state index in [0.717, 1.165) is 6.07 Å². The average Bonchev–Trinajstić information content (AvgIpc) is 2.66. The third kappa shape index (κ3) is 5.27. The van der Waals surface area contributed by atoms with Gasteiger partial charge in [-0.05, 0) is 31.2 Å². The van der Waals surface area contributed by atoms with Crippen molar-refractivity contribution in [2.24, 2.45) is 0 Å². The summed E-state index contributed by atoms with van der Waals surface area (Å²) in [5.41, 5.74) is -0.235. The lowest BCUT2D eigenvalue weighted by atomic mass is 10.2. The van der Waals surface area contributed by atoms with Gasteiger partial charge in [0.1, 0.15) is 5.02 Å². The second-order valence-electron chi connectivity index (χ2n) is 5.31. The van der Waals surface area contributed by atoms with E-state index in [-0.39, 0.29) is 28.4 Å². The molecule has 0 fully saturated rings. The number of esters is 2. The Morgan fingerprint density at radius 2 is 1.82 bits per heavy atom. The van der Waals surface area contributed by atoms with E-state index in [2.05, 4.69) is 5.32 Å². The lowest BCUT2D eigenvalue weighted by Crippen LogP contribution is -2.22. The summed E-state index contributed by atoms with van der Waals surface area (Å²) in [6.07, 6.45) is 0. The first-order valence-electron chi connectivity index (χ1n) is 8.00. The predicted molar refractivity (Wildman–Crippen MR) is 99.4 cm³/mol. The molecule has 2 aromatic carbocycles. The molecular formula is C18H15ClN2O7. The molecule has 2 aromatic rings. The summed E-state index contributed by atoms with van der Waals surface area (Å²) in [4.78, 5) is 46.1. The van der Waals surface area contributed by atoms with Crippen molar-refractivity contribution in [3.8, 4) is 0 Å². The van der Waals surface area contributed by atoms with Crippen LogP contribution in [0.5, 0.6) is 0 Å². The number of nitrogens with one attached hydrogen (secondary N) is 1. The molecule has 0 aromatic heterocycles. The number of nitro benzene ring substituents is 1. The van der Waals surface area contributed by atoms with Crippen LogP contribution in [0, 0.1) is 10.1 Å². The number of hydrogen-bond acceptors (Lipinski definition) is 7. The van der Waals surface area contributed by atoms with Crippen LogP contribution in [0.4, 0.5) is 11.4 Å². The van der Waals surface area contributed by atoms with Gasteiger partial charge in [0.2, 0.25) is 0 Å². The minimum atomic E-state index is -0.936. The topological polar surface area (TPSA) is 125 Å². The Hall–Kier alpha value is -3.46. The zero-order valence-electron chi connectivity index (χ0n) is 14.6. The summed E-state index contributed by atoms with van der Waals surface area (Å²) in [7, 11) is 0. The van der Waals surface area contributed by atoms with Gasteiger partial charge < -0.3 is 14.8 Å². The average molecular weight is 407 g/mol. The molecule has 0 spiro atoms. The van der Waals surface area contributed by atoms with Crippen molar-refractivity contribution >= 4 is 40.8 Å². The first kappa shape index (κ1) is 20.8. The van der Waals surface area contributed by atoms with Gasteiger partial charge in [0.25, 0.3) is 11.6 Å². The molecule has 0 saturated carbocycles. The van der Waals surface area contributed by atoms with Crippen LogP contribution in [0.3, 0.4) is 0 Å². The number of rotatable bonds is 7. The van der Waals surface area contributed by atoms with Gasteiger partial charge in [-0.1, -0.05) is 23.7 Å². The number of para-hydroxylation sites is 1. The Morgan fingerprint density at radius 3 is 2.50 bits per heavy atom. The zero-order chi connectivity index (χ0) is 20.7. The quantitative estimate of drug-likeness (QED) is 0.425. The number of ether oxygens (including phenoxy) is 2. The Labute approximate surface area is 164 Å². The monoisotopic (exact) mass is 406 g/mol. The fourth-order valence-corrected chi connectivity index (χ4v) is 2.35. The summed E-state index contributed by atoms with van der Waals surface area (Å²) < 4.78 is 9.76. The van der Waals surface area contributed by atoms with Crippen LogP contribution in [0.15, 0.2) is 42.5 Å². The lowest BCUT2D eigenvalue weighted by molar-refractivity contribution is -0.384. The molecule has 0 aliphatic heterocycles. The van der Waals surface area contributed by atoms with Crippen molar-refractivity contribution in [2.45, 2.75) is 6.92 Å². The number of halogens is 1. The Bertz CT molecular complexity index is 930. The van der Waals surface area contributed by atoms with Gasteiger partial charge in [-0.15, -0.1) is 0 Å². The minimum absolute atomic E-state index is 0.129. The van der Waals surface area contributed by atoms with Crippen molar-refractivity contribution in [3.05, 3.63) is 68.7 Å². The summed E-state index contributed by atoms with van der Waals surface area (Å²) in [5, 5.41) is 13.2.